The Kier molecular flexibility index (Phi) is 6.46. The van der Waals surface area contributed by atoms with Crippen LogP contribution in [0.15, 0.2) is 18.2 Å². The van der Waals surface area contributed by atoms with E-state index in [0.29, 0.717) is 13.0 Å². The van der Waals surface area contributed by atoms with Gasteiger partial charge in [-0.3, -0.25) is 0 Å². The van der Waals surface area contributed by atoms with Gasteiger partial charge in [-0.05, 0) is 24.7 Å². The quantitative estimate of drug-likeness (QED) is 0.809. The molecule has 1 aromatic carbocycles. The van der Waals surface area contributed by atoms with Crippen molar-refractivity contribution in [2.75, 3.05) is 27.2 Å². The topological polar surface area (TPSA) is 62.3 Å². The van der Waals surface area contributed by atoms with Crippen molar-refractivity contribution in [1.82, 2.24) is 4.90 Å². The first-order valence-corrected chi connectivity index (χ1v) is 6.12. The monoisotopic (exact) mass is 257 g/mol. The van der Waals surface area contributed by atoms with Crippen LogP contribution in [0.3, 0.4) is 0 Å². The third-order valence-electron chi connectivity index (χ3n) is 2.65. The molecule has 0 saturated carbocycles. The van der Waals surface area contributed by atoms with E-state index >= 15 is 0 Å². The Balaban J connectivity index is 2.83. The van der Waals surface area contributed by atoms with Crippen molar-refractivity contribution in [3.05, 3.63) is 29.3 Å². The van der Waals surface area contributed by atoms with Crippen molar-refractivity contribution < 1.29 is 4.74 Å². The van der Waals surface area contributed by atoms with Crippen LogP contribution in [0.2, 0.25) is 0 Å². The molecule has 0 saturated heterocycles. The van der Waals surface area contributed by atoms with E-state index in [2.05, 4.69) is 22.8 Å². The SMILES string of the molecule is COc1ccc(CN(C)CCC#N)cc1C#CCN. The standard InChI is InChI=1S/C15H19N3O/c1-18(10-4-9-17)12-13-6-7-15(19-2)14(11-13)5-3-8-16/h6-7,11H,4,8,10,12,16H2,1-2H3. The van der Waals surface area contributed by atoms with Crippen LogP contribution in [0.5, 0.6) is 5.75 Å². The smallest absolute Gasteiger partial charge is 0.134 e. The Hall–Kier alpha value is -2.01. The molecule has 100 valence electrons. The second kappa shape index (κ2) is 8.16. The predicted octanol–water partition coefficient (Wildman–Crippen LogP) is 1.35. The summed E-state index contributed by atoms with van der Waals surface area (Å²) in [5.41, 5.74) is 7.38. The van der Waals surface area contributed by atoms with Gasteiger partial charge in [0.15, 0.2) is 0 Å². The normalized spacial score (nSPS) is 9.63. The molecule has 0 atom stereocenters. The third-order valence-corrected chi connectivity index (χ3v) is 2.65. The first kappa shape index (κ1) is 15.0. The number of nitrogens with two attached hydrogens (primary N) is 1. The predicted molar refractivity (Wildman–Crippen MR) is 75.5 cm³/mol. The molecular formula is C15H19N3O. The summed E-state index contributed by atoms with van der Waals surface area (Å²) in [6.45, 7) is 1.87. The molecule has 0 radical (unpaired) electrons. The van der Waals surface area contributed by atoms with Crippen LogP contribution in [0.4, 0.5) is 0 Å². The highest BCUT2D eigenvalue weighted by atomic mass is 16.5. The van der Waals surface area contributed by atoms with Gasteiger partial charge in [-0.15, -0.1) is 0 Å². The van der Waals surface area contributed by atoms with Crippen LogP contribution < -0.4 is 10.5 Å². The van der Waals surface area contributed by atoms with E-state index in [9.17, 15) is 0 Å². The number of benzene rings is 1. The van der Waals surface area contributed by atoms with Crippen LogP contribution in [0.25, 0.3) is 0 Å². The lowest BCUT2D eigenvalue weighted by atomic mass is 10.1. The van der Waals surface area contributed by atoms with E-state index < -0.39 is 0 Å². The highest BCUT2D eigenvalue weighted by Gasteiger charge is 2.04. The minimum Gasteiger partial charge on any atom is -0.495 e. The zero-order valence-electron chi connectivity index (χ0n) is 11.4. The zero-order chi connectivity index (χ0) is 14.1. The van der Waals surface area contributed by atoms with Gasteiger partial charge in [-0.25, -0.2) is 0 Å². The van der Waals surface area contributed by atoms with Crippen LogP contribution in [-0.2, 0) is 6.54 Å². The van der Waals surface area contributed by atoms with Crippen molar-refractivity contribution >= 4 is 0 Å². The molecule has 0 amide bonds. The maximum absolute atomic E-state index is 8.57. The molecule has 0 aliphatic carbocycles. The second-order valence-electron chi connectivity index (χ2n) is 4.19. The molecule has 0 spiro atoms. The maximum atomic E-state index is 8.57. The van der Waals surface area contributed by atoms with Crippen molar-refractivity contribution in [3.8, 4) is 23.7 Å². The fraction of sp³-hybridized carbons (Fsp3) is 0.400. The summed E-state index contributed by atoms with van der Waals surface area (Å²) in [4.78, 5) is 2.10. The van der Waals surface area contributed by atoms with Gasteiger partial charge in [0.05, 0.1) is 25.3 Å². The number of nitrogens with zero attached hydrogens (tertiary/aromatic N) is 2. The van der Waals surface area contributed by atoms with Gasteiger partial charge in [0.25, 0.3) is 0 Å². The molecule has 0 fully saturated rings. The summed E-state index contributed by atoms with van der Waals surface area (Å²) in [5.74, 6) is 6.60. The fourth-order valence-electron chi connectivity index (χ4n) is 1.73. The Morgan fingerprint density at radius 2 is 2.21 bits per heavy atom. The van der Waals surface area contributed by atoms with Crippen molar-refractivity contribution in [1.29, 1.82) is 5.26 Å². The number of nitriles is 1. The molecule has 0 aliphatic heterocycles. The molecule has 4 heteroatoms. The molecule has 1 aromatic rings. The fourth-order valence-corrected chi connectivity index (χ4v) is 1.73. The summed E-state index contributed by atoms with van der Waals surface area (Å²) in [6.07, 6.45) is 0.534. The lowest BCUT2D eigenvalue weighted by Gasteiger charge is -2.15. The van der Waals surface area contributed by atoms with E-state index in [4.69, 9.17) is 15.7 Å². The largest absolute Gasteiger partial charge is 0.495 e. The van der Waals surface area contributed by atoms with Gasteiger partial charge in [0.2, 0.25) is 0 Å². The van der Waals surface area contributed by atoms with Gasteiger partial charge >= 0.3 is 0 Å². The van der Waals surface area contributed by atoms with Crippen LogP contribution in [0.1, 0.15) is 17.5 Å². The van der Waals surface area contributed by atoms with E-state index in [1.54, 1.807) is 7.11 Å². The molecular weight excluding hydrogens is 238 g/mol. The van der Waals surface area contributed by atoms with Crippen LogP contribution >= 0.6 is 0 Å². The van der Waals surface area contributed by atoms with Crippen molar-refractivity contribution in [3.63, 3.8) is 0 Å². The minimum absolute atomic E-state index is 0.329. The average molecular weight is 257 g/mol. The molecule has 0 unspecified atom stereocenters. The van der Waals surface area contributed by atoms with E-state index in [-0.39, 0.29) is 0 Å². The molecule has 0 bridgehead atoms. The number of methoxy groups -OCH3 is 1. The van der Waals surface area contributed by atoms with Crippen LogP contribution in [-0.4, -0.2) is 32.1 Å². The Morgan fingerprint density at radius 1 is 1.42 bits per heavy atom. The van der Waals surface area contributed by atoms with E-state index in [1.807, 2.05) is 25.2 Å². The third kappa shape index (κ3) is 5.01. The summed E-state index contributed by atoms with van der Waals surface area (Å²) in [7, 11) is 3.62. The zero-order valence-corrected chi connectivity index (χ0v) is 11.4. The summed E-state index contributed by atoms with van der Waals surface area (Å²) in [5, 5.41) is 8.57. The molecule has 1 rings (SSSR count). The Labute approximate surface area is 114 Å². The second-order valence-corrected chi connectivity index (χ2v) is 4.19. The van der Waals surface area contributed by atoms with Crippen molar-refractivity contribution in [2.24, 2.45) is 5.73 Å². The van der Waals surface area contributed by atoms with E-state index in [1.165, 1.54) is 0 Å². The molecule has 4 nitrogen and oxygen atoms in total. The number of hydrogen-bond acceptors (Lipinski definition) is 4. The lowest BCUT2D eigenvalue weighted by Crippen LogP contribution is -2.18. The number of hydrogen-bond donors (Lipinski definition) is 1. The molecule has 2 N–H and O–H groups in total. The minimum atomic E-state index is 0.329. The first-order valence-electron chi connectivity index (χ1n) is 6.12. The summed E-state index contributed by atoms with van der Waals surface area (Å²) in [6, 6.07) is 8.07. The van der Waals surface area contributed by atoms with Crippen LogP contribution in [0, 0.1) is 23.2 Å². The first-order chi connectivity index (χ1) is 9.21. The van der Waals surface area contributed by atoms with Gasteiger partial charge in [0.1, 0.15) is 5.75 Å². The molecule has 0 aliphatic rings. The lowest BCUT2D eigenvalue weighted by molar-refractivity contribution is 0.334. The van der Waals surface area contributed by atoms with Crippen molar-refractivity contribution in [2.45, 2.75) is 13.0 Å². The highest BCUT2D eigenvalue weighted by molar-refractivity contribution is 5.48. The average Bonchev–Trinajstić information content (AvgIpc) is 2.43. The molecule has 19 heavy (non-hydrogen) atoms. The summed E-state index contributed by atoms with van der Waals surface area (Å²) >= 11 is 0. The maximum Gasteiger partial charge on any atom is 0.134 e. The van der Waals surface area contributed by atoms with Gasteiger partial charge in [-0.2, -0.15) is 5.26 Å². The number of rotatable bonds is 5. The van der Waals surface area contributed by atoms with Gasteiger partial charge in [-0.1, -0.05) is 17.9 Å². The Morgan fingerprint density at radius 3 is 2.84 bits per heavy atom. The number of ether oxygens (including phenoxy) is 1. The summed E-state index contributed by atoms with van der Waals surface area (Å²) < 4.78 is 5.27. The molecule has 0 heterocycles. The van der Waals surface area contributed by atoms with Gasteiger partial charge in [0, 0.05) is 19.5 Å². The molecule has 0 aromatic heterocycles. The Bertz CT molecular complexity index is 508. The highest BCUT2D eigenvalue weighted by Crippen LogP contribution is 2.19. The van der Waals surface area contributed by atoms with E-state index in [0.717, 1.165) is 30.0 Å². The van der Waals surface area contributed by atoms with Gasteiger partial charge < -0.3 is 15.4 Å².